The van der Waals surface area contributed by atoms with Crippen molar-refractivity contribution in [1.82, 2.24) is 14.9 Å². The van der Waals surface area contributed by atoms with Crippen LogP contribution in [-0.2, 0) is 26.1 Å². The van der Waals surface area contributed by atoms with Gasteiger partial charge in [0.15, 0.2) is 23.1 Å². The number of hydrogen-bond donors (Lipinski definition) is 3. The van der Waals surface area contributed by atoms with Gasteiger partial charge in [-0.25, -0.2) is 18.6 Å². The van der Waals surface area contributed by atoms with E-state index in [0.29, 0.717) is 24.1 Å². The molecule has 0 aromatic heterocycles. The van der Waals surface area contributed by atoms with E-state index in [1.54, 1.807) is 5.01 Å². The Bertz CT molecular complexity index is 1490. The van der Waals surface area contributed by atoms with E-state index in [2.05, 4.69) is 0 Å². The van der Waals surface area contributed by atoms with Crippen molar-refractivity contribution in [3.05, 3.63) is 131 Å². The van der Waals surface area contributed by atoms with Crippen LogP contribution in [0.1, 0.15) is 22.3 Å². The third-order valence-electron chi connectivity index (χ3n) is 7.26. The van der Waals surface area contributed by atoms with E-state index in [4.69, 9.17) is 0 Å². The van der Waals surface area contributed by atoms with Gasteiger partial charge in [0.25, 0.3) is 0 Å². The van der Waals surface area contributed by atoms with Crippen LogP contribution in [0.25, 0.3) is 0 Å². The number of amides is 2. The molecule has 3 N–H and O–H groups in total. The van der Waals surface area contributed by atoms with E-state index < -0.39 is 41.3 Å². The fourth-order valence-electron chi connectivity index (χ4n) is 5.12. The minimum Gasteiger partial charge on any atom is -0.505 e. The highest BCUT2D eigenvalue weighted by Crippen LogP contribution is 2.28. The first-order valence-electron chi connectivity index (χ1n) is 13.3. The Hall–Kier alpha value is -4.47. The van der Waals surface area contributed by atoms with Crippen molar-refractivity contribution in [2.75, 3.05) is 6.54 Å². The lowest BCUT2D eigenvalue weighted by Crippen LogP contribution is -2.51. The number of hydrogen-bond acceptors (Lipinski definition) is 5. The molecule has 2 atom stereocenters. The van der Waals surface area contributed by atoms with Crippen LogP contribution in [0.15, 0.2) is 97.1 Å². The van der Waals surface area contributed by atoms with E-state index in [0.717, 1.165) is 11.1 Å². The number of carbonyl (C=O) groups is 1. The molecule has 1 aliphatic heterocycles. The van der Waals surface area contributed by atoms with Crippen LogP contribution in [0.4, 0.5) is 13.6 Å². The molecule has 4 aromatic carbocycles. The predicted octanol–water partition coefficient (Wildman–Crippen LogP) is 5.20. The number of carbonyl (C=O) groups excluding carboxylic acids is 1. The number of aliphatic hydroxyl groups excluding tert-OH is 1. The van der Waals surface area contributed by atoms with Crippen LogP contribution >= 0.6 is 0 Å². The summed E-state index contributed by atoms with van der Waals surface area (Å²) in [6.45, 7) is 0.321. The van der Waals surface area contributed by atoms with Gasteiger partial charge in [-0.1, -0.05) is 72.8 Å². The van der Waals surface area contributed by atoms with Crippen LogP contribution in [0.2, 0.25) is 0 Å². The summed E-state index contributed by atoms with van der Waals surface area (Å²) in [5.74, 6) is -2.61. The molecule has 1 heterocycles. The monoisotopic (exact) mass is 559 g/mol. The maximum Gasteiger partial charge on any atom is 0.335 e. The summed E-state index contributed by atoms with van der Waals surface area (Å²) < 4.78 is 28.6. The summed E-state index contributed by atoms with van der Waals surface area (Å²) in [5.41, 5.74) is 2.70. The third-order valence-corrected chi connectivity index (χ3v) is 7.26. The van der Waals surface area contributed by atoms with Gasteiger partial charge in [0.1, 0.15) is 0 Å². The second-order valence-corrected chi connectivity index (χ2v) is 10.2. The Balaban J connectivity index is 1.56. The highest BCUT2D eigenvalue weighted by atomic mass is 19.1. The van der Waals surface area contributed by atoms with Gasteiger partial charge in [-0.05, 0) is 52.9 Å². The zero-order valence-electron chi connectivity index (χ0n) is 22.3. The van der Waals surface area contributed by atoms with Crippen molar-refractivity contribution >= 4 is 6.03 Å². The Morgan fingerprint density at radius 2 is 1.22 bits per heavy atom. The van der Waals surface area contributed by atoms with Crippen molar-refractivity contribution in [3.63, 3.8) is 0 Å². The van der Waals surface area contributed by atoms with E-state index in [-0.39, 0.29) is 19.6 Å². The summed E-state index contributed by atoms with van der Waals surface area (Å²) in [4.78, 5) is 15.9. The SMILES string of the molecule is O=C1N(Cc2ccc(O)c(F)c2)[C@H](Cc2ccccc2)[C@H](O)CN(Cc2ccccc2)N1Cc1ccc(O)c(F)c1. The quantitative estimate of drug-likeness (QED) is 0.276. The molecule has 41 heavy (non-hydrogen) atoms. The number of nitrogens with zero attached hydrogens (tertiary/aromatic N) is 3. The topological polar surface area (TPSA) is 87.5 Å². The Kier molecular flexibility index (Phi) is 8.47. The second-order valence-electron chi connectivity index (χ2n) is 10.2. The Morgan fingerprint density at radius 1 is 0.683 bits per heavy atom. The molecule has 5 rings (SSSR count). The van der Waals surface area contributed by atoms with Gasteiger partial charge in [-0.3, -0.25) is 5.01 Å². The number of aromatic hydroxyl groups is 2. The van der Waals surface area contributed by atoms with Crippen molar-refractivity contribution in [1.29, 1.82) is 0 Å². The van der Waals surface area contributed by atoms with Gasteiger partial charge in [-0.15, -0.1) is 0 Å². The Labute approximate surface area is 237 Å². The van der Waals surface area contributed by atoms with Crippen molar-refractivity contribution in [2.24, 2.45) is 0 Å². The molecule has 4 aromatic rings. The predicted molar refractivity (Wildman–Crippen MR) is 149 cm³/mol. The maximum absolute atomic E-state index is 14.4. The average Bonchev–Trinajstić information content (AvgIpc) is 3.05. The molecule has 212 valence electrons. The van der Waals surface area contributed by atoms with Gasteiger partial charge < -0.3 is 20.2 Å². The van der Waals surface area contributed by atoms with Gasteiger partial charge >= 0.3 is 6.03 Å². The molecular weight excluding hydrogens is 528 g/mol. The molecule has 1 aliphatic rings. The van der Waals surface area contributed by atoms with E-state index in [1.807, 2.05) is 60.7 Å². The van der Waals surface area contributed by atoms with Crippen LogP contribution in [0.5, 0.6) is 11.5 Å². The standard InChI is InChI=1S/C32H31F2N3O4/c33-26-15-24(11-13-29(26)38)19-36-28(17-22-7-3-1-4-8-22)31(40)21-35(18-23-9-5-2-6-10-23)37(32(36)41)20-25-12-14-30(39)27(34)16-25/h1-16,28,31,38-40H,17-21H2/t28-,31-/m1/s1. The third kappa shape index (κ3) is 6.65. The summed E-state index contributed by atoms with van der Waals surface area (Å²) in [5, 5.41) is 34.2. The number of benzene rings is 4. The summed E-state index contributed by atoms with van der Waals surface area (Å²) in [6.07, 6.45) is -0.652. The fourth-order valence-corrected chi connectivity index (χ4v) is 5.12. The summed E-state index contributed by atoms with van der Waals surface area (Å²) in [6, 6.07) is 25.7. The van der Waals surface area contributed by atoms with Crippen molar-refractivity contribution in [2.45, 2.75) is 38.2 Å². The molecular formula is C32H31F2N3O4. The van der Waals surface area contributed by atoms with Crippen LogP contribution < -0.4 is 0 Å². The number of phenolic OH excluding ortho intramolecular Hbond substituents is 2. The highest BCUT2D eigenvalue weighted by Gasteiger charge is 2.40. The molecule has 2 amide bonds. The summed E-state index contributed by atoms with van der Waals surface area (Å²) in [7, 11) is 0. The molecule has 0 saturated carbocycles. The summed E-state index contributed by atoms with van der Waals surface area (Å²) >= 11 is 0. The number of phenols is 2. The number of rotatable bonds is 8. The minimum absolute atomic E-state index is 0.0336. The molecule has 0 aliphatic carbocycles. The molecule has 1 saturated heterocycles. The van der Waals surface area contributed by atoms with Gasteiger partial charge in [0.05, 0.1) is 18.7 Å². The molecule has 7 nitrogen and oxygen atoms in total. The zero-order valence-corrected chi connectivity index (χ0v) is 22.3. The number of aliphatic hydroxyl groups is 1. The zero-order chi connectivity index (χ0) is 28.9. The smallest absolute Gasteiger partial charge is 0.335 e. The van der Waals surface area contributed by atoms with Gasteiger partial charge in [0.2, 0.25) is 0 Å². The largest absolute Gasteiger partial charge is 0.505 e. The van der Waals surface area contributed by atoms with E-state index >= 15 is 0 Å². The number of urea groups is 1. The first-order chi connectivity index (χ1) is 19.8. The molecule has 0 unspecified atom stereocenters. The van der Waals surface area contributed by atoms with Gasteiger partial charge in [0, 0.05) is 19.6 Å². The van der Waals surface area contributed by atoms with E-state index in [9.17, 15) is 28.9 Å². The van der Waals surface area contributed by atoms with Crippen LogP contribution in [0.3, 0.4) is 0 Å². The highest BCUT2D eigenvalue weighted by molar-refractivity contribution is 5.75. The van der Waals surface area contributed by atoms with Crippen LogP contribution in [0, 0.1) is 11.6 Å². The Morgan fingerprint density at radius 3 is 1.78 bits per heavy atom. The van der Waals surface area contributed by atoms with Crippen molar-refractivity contribution < 1.29 is 28.9 Å². The minimum atomic E-state index is -0.994. The first-order valence-corrected chi connectivity index (χ1v) is 13.3. The maximum atomic E-state index is 14.4. The number of hydrazine groups is 1. The second kappa shape index (κ2) is 12.4. The molecule has 0 bridgehead atoms. The van der Waals surface area contributed by atoms with Crippen LogP contribution in [-0.4, -0.2) is 55.0 Å². The van der Waals surface area contributed by atoms with E-state index in [1.165, 1.54) is 46.3 Å². The number of halogens is 2. The first kappa shape index (κ1) is 28.1. The van der Waals surface area contributed by atoms with Crippen molar-refractivity contribution in [3.8, 4) is 11.5 Å². The lowest BCUT2D eigenvalue weighted by Gasteiger charge is -2.36. The average molecular weight is 560 g/mol. The molecule has 9 heteroatoms. The number of β-amino-alcohol motifs (C(OH)–C–C–N with tert-alkyl or cyclic N) is 1. The van der Waals surface area contributed by atoms with Gasteiger partial charge in [-0.2, -0.15) is 0 Å². The lowest BCUT2D eigenvalue weighted by molar-refractivity contribution is -0.0213. The molecule has 0 radical (unpaired) electrons. The lowest BCUT2D eigenvalue weighted by atomic mass is 9.99. The molecule has 1 fully saturated rings. The normalized spacial score (nSPS) is 18.0. The molecule has 0 spiro atoms. The fraction of sp³-hybridized carbons (Fsp3) is 0.219.